The van der Waals surface area contributed by atoms with E-state index in [0.717, 1.165) is 0 Å². The van der Waals surface area contributed by atoms with E-state index < -0.39 is 28.8 Å². The molecule has 0 aliphatic carbocycles. The van der Waals surface area contributed by atoms with Gasteiger partial charge in [0, 0.05) is 6.54 Å². The second-order valence-electron chi connectivity index (χ2n) is 2.01. The van der Waals surface area contributed by atoms with Gasteiger partial charge in [-0.05, 0) is 0 Å². The molecule has 0 rings (SSSR count). The molecule has 11 heteroatoms. The van der Waals surface area contributed by atoms with Crippen molar-refractivity contribution in [3.8, 4) is 0 Å². The lowest BCUT2D eigenvalue weighted by atomic mass is 10.3. The van der Waals surface area contributed by atoms with E-state index >= 15 is 0 Å². The Labute approximate surface area is 75.8 Å². The van der Waals surface area contributed by atoms with Crippen LogP contribution in [0.1, 0.15) is 0 Å². The predicted octanol–water partition coefficient (Wildman–Crippen LogP) is -2.63. The lowest BCUT2D eigenvalue weighted by Gasteiger charge is -2.26. The van der Waals surface area contributed by atoms with Gasteiger partial charge in [0.2, 0.25) is 0 Å². The van der Waals surface area contributed by atoms with Crippen LogP contribution < -0.4 is 5.73 Å². The monoisotopic (exact) mass is 213 g/mol. The first kappa shape index (κ1) is 12.3. The van der Waals surface area contributed by atoms with E-state index in [1.54, 1.807) is 0 Å². The van der Waals surface area contributed by atoms with Gasteiger partial charge >= 0.3 is 5.97 Å². The number of aliphatic hydroxyl groups excluding tert-OH is 1. The van der Waals surface area contributed by atoms with Crippen LogP contribution in [-0.2, 0) is 9.68 Å². The molecule has 0 heterocycles. The van der Waals surface area contributed by atoms with Crippen molar-refractivity contribution in [3.05, 3.63) is 20.2 Å². The van der Waals surface area contributed by atoms with Crippen LogP contribution in [0.3, 0.4) is 0 Å². The van der Waals surface area contributed by atoms with Crippen LogP contribution in [0.5, 0.6) is 0 Å². The summed E-state index contributed by atoms with van der Waals surface area (Å²) in [6.07, 6.45) is -2.14. The van der Waals surface area contributed by atoms with Crippen molar-refractivity contribution < 1.29 is 30.1 Å². The Hall–Kier alpha value is -1.72. The molecule has 0 aromatic rings. The van der Waals surface area contributed by atoms with E-state index in [-0.39, 0.29) is 0 Å². The highest BCUT2D eigenvalue weighted by Gasteiger charge is 2.44. The van der Waals surface area contributed by atoms with Crippen molar-refractivity contribution in [1.29, 1.82) is 0 Å². The van der Waals surface area contributed by atoms with Gasteiger partial charge in [0.1, 0.15) is 6.10 Å². The number of aliphatic hydroxyl groups is 2. The zero-order valence-corrected chi connectivity index (χ0v) is 6.60. The normalized spacial score (nSPS) is 13.1. The largest absolute Gasteiger partial charge is 0.391 e. The molecule has 0 aliphatic rings. The highest BCUT2D eigenvalue weighted by molar-refractivity contribution is 4.65. The zero-order valence-electron chi connectivity index (χ0n) is 6.60. The lowest BCUT2D eigenvalue weighted by Crippen LogP contribution is -2.53. The van der Waals surface area contributed by atoms with Crippen molar-refractivity contribution in [2.24, 2.45) is 5.73 Å². The fraction of sp³-hybridized carbons (Fsp3) is 1.00. The summed E-state index contributed by atoms with van der Waals surface area (Å²) in [6, 6.07) is 0. The van der Waals surface area contributed by atoms with Gasteiger partial charge in [0.05, 0.1) is 0 Å². The van der Waals surface area contributed by atoms with E-state index in [9.17, 15) is 20.2 Å². The maximum Gasteiger partial charge on any atom is 0.391 e. The van der Waals surface area contributed by atoms with Crippen molar-refractivity contribution in [2.45, 2.75) is 12.1 Å². The van der Waals surface area contributed by atoms with Crippen molar-refractivity contribution in [3.63, 3.8) is 0 Å². The van der Waals surface area contributed by atoms with Crippen molar-refractivity contribution >= 4 is 0 Å². The zero-order chi connectivity index (χ0) is 11.4. The average molecular weight is 213 g/mol. The van der Waals surface area contributed by atoms with Gasteiger partial charge in [0.25, 0.3) is 10.2 Å². The van der Waals surface area contributed by atoms with Gasteiger partial charge in [-0.1, -0.05) is 0 Å². The summed E-state index contributed by atoms with van der Waals surface area (Å²) in [7, 11) is 0. The molecule has 0 fully saturated rings. The van der Waals surface area contributed by atoms with Crippen molar-refractivity contribution in [1.82, 2.24) is 0 Å². The molecule has 0 amide bonds. The molecule has 14 heavy (non-hydrogen) atoms. The molecular formula is C3H7N3O8. The van der Waals surface area contributed by atoms with Gasteiger partial charge in [-0.2, -0.15) is 0 Å². The summed E-state index contributed by atoms with van der Waals surface area (Å²) < 4.78 is 0. The van der Waals surface area contributed by atoms with Crippen molar-refractivity contribution in [2.75, 3.05) is 6.54 Å². The van der Waals surface area contributed by atoms with E-state index in [1.807, 2.05) is 0 Å². The number of rotatable bonds is 6. The number of hydrogen-bond donors (Lipinski definition) is 3. The molecule has 82 valence electrons. The highest BCUT2D eigenvalue weighted by atomic mass is 17.1. The molecule has 0 bridgehead atoms. The topological polar surface area (TPSA) is 171 Å². The minimum atomic E-state index is -3.41. The summed E-state index contributed by atoms with van der Waals surface area (Å²) >= 11 is 0. The summed E-state index contributed by atoms with van der Waals surface area (Å²) in [5.41, 5.74) is 4.79. The summed E-state index contributed by atoms with van der Waals surface area (Å²) in [5.74, 6) is -3.41. The Morgan fingerprint density at radius 3 is 1.93 bits per heavy atom. The minimum absolute atomic E-state index is 0.738. The Bertz CT molecular complexity index is 214. The molecular weight excluding hydrogens is 206 g/mol. The molecule has 0 saturated heterocycles. The van der Waals surface area contributed by atoms with Gasteiger partial charge in [-0.3, -0.25) is 0 Å². The molecule has 1 unspecified atom stereocenters. The molecule has 4 N–H and O–H groups in total. The van der Waals surface area contributed by atoms with Gasteiger partial charge in [-0.15, -0.1) is 20.2 Å². The third-order valence-electron chi connectivity index (χ3n) is 1.06. The van der Waals surface area contributed by atoms with Gasteiger partial charge < -0.3 is 15.9 Å². The van der Waals surface area contributed by atoms with Crippen LogP contribution in [0.25, 0.3) is 0 Å². The minimum Gasteiger partial charge on any atom is -0.384 e. The third kappa shape index (κ3) is 3.34. The molecule has 0 aromatic carbocycles. The maximum absolute atomic E-state index is 9.79. The smallest absolute Gasteiger partial charge is 0.384 e. The highest BCUT2D eigenvalue weighted by Crippen LogP contribution is 2.14. The average Bonchev–Trinajstić information content (AvgIpc) is 1.99. The van der Waals surface area contributed by atoms with E-state index in [4.69, 9.17) is 15.9 Å². The SMILES string of the molecule is NCC(O)C(O)(O[N+](=O)[O-])O[N+](=O)[O-]. The Kier molecular flexibility index (Phi) is 3.95. The number of hydrogen-bond acceptors (Lipinski definition) is 9. The molecule has 0 aliphatic heterocycles. The molecule has 0 aromatic heterocycles. The Balaban J connectivity index is 4.64. The number of nitrogens with zero attached hydrogens (tertiary/aromatic N) is 2. The van der Waals surface area contributed by atoms with Crippen LogP contribution in [0.2, 0.25) is 0 Å². The number of nitrogens with two attached hydrogens (primary N) is 1. The first-order valence-corrected chi connectivity index (χ1v) is 3.09. The van der Waals surface area contributed by atoms with E-state index in [2.05, 4.69) is 9.68 Å². The van der Waals surface area contributed by atoms with Crippen LogP contribution in [0.15, 0.2) is 0 Å². The Morgan fingerprint density at radius 2 is 1.71 bits per heavy atom. The fourth-order valence-corrected chi connectivity index (χ4v) is 0.501. The second kappa shape index (κ2) is 4.50. The van der Waals surface area contributed by atoms with E-state index in [0.29, 0.717) is 0 Å². The fourth-order valence-electron chi connectivity index (χ4n) is 0.501. The molecule has 11 nitrogen and oxygen atoms in total. The maximum atomic E-state index is 9.79. The first-order chi connectivity index (χ1) is 6.31. The first-order valence-electron chi connectivity index (χ1n) is 3.09. The summed E-state index contributed by atoms with van der Waals surface area (Å²) in [5, 5.41) is 34.2. The van der Waals surface area contributed by atoms with Gasteiger partial charge in [-0.25, -0.2) is 9.68 Å². The van der Waals surface area contributed by atoms with E-state index in [1.165, 1.54) is 0 Å². The standard InChI is InChI=1S/C3H7N3O8/c4-1-2(7)3(8,13-5(9)10)14-6(11)12/h2,7-8H,1,4H2. The summed E-state index contributed by atoms with van der Waals surface area (Å²) in [4.78, 5) is 26.3. The Morgan fingerprint density at radius 1 is 1.36 bits per heavy atom. The van der Waals surface area contributed by atoms with Crippen LogP contribution in [0.4, 0.5) is 0 Å². The molecule has 0 radical (unpaired) electrons. The summed E-state index contributed by atoms with van der Waals surface area (Å²) in [6.45, 7) is -0.738. The lowest BCUT2D eigenvalue weighted by molar-refractivity contribution is -0.898. The third-order valence-corrected chi connectivity index (χ3v) is 1.06. The van der Waals surface area contributed by atoms with Crippen LogP contribution in [0, 0.1) is 20.2 Å². The second-order valence-corrected chi connectivity index (χ2v) is 2.01. The quantitative estimate of drug-likeness (QED) is 0.242. The molecule has 1 atom stereocenters. The van der Waals surface area contributed by atoms with Gasteiger partial charge in [0.15, 0.2) is 0 Å². The molecule has 0 spiro atoms. The van der Waals surface area contributed by atoms with Crippen LogP contribution >= 0.6 is 0 Å². The molecule has 0 saturated carbocycles. The van der Waals surface area contributed by atoms with Crippen LogP contribution in [-0.4, -0.2) is 39.0 Å². The predicted molar refractivity (Wildman–Crippen MR) is 36.2 cm³/mol.